The Bertz CT molecular complexity index is 392. The Morgan fingerprint density at radius 1 is 1.50 bits per heavy atom. The molecule has 1 atom stereocenters. The third-order valence-electron chi connectivity index (χ3n) is 3.35. The Balaban J connectivity index is 2.25. The number of aryl methyl sites for hydroxylation is 1. The molecular formula is C13H16O3. The topological polar surface area (TPSA) is 46.5 Å². The number of hydrogen-bond acceptors (Lipinski definition) is 2. The van der Waals surface area contributed by atoms with Gasteiger partial charge in [0.05, 0.1) is 12.0 Å². The van der Waals surface area contributed by atoms with Crippen molar-refractivity contribution in [3.05, 3.63) is 35.4 Å². The van der Waals surface area contributed by atoms with Crippen LogP contribution in [0.4, 0.5) is 0 Å². The monoisotopic (exact) mass is 220 g/mol. The number of aliphatic carboxylic acids is 1. The zero-order valence-electron chi connectivity index (χ0n) is 9.40. The second-order valence-electron chi connectivity index (χ2n) is 4.49. The molecule has 1 N–H and O–H groups in total. The minimum Gasteiger partial charge on any atom is -0.481 e. The fourth-order valence-electron chi connectivity index (χ4n) is 2.16. The van der Waals surface area contributed by atoms with Gasteiger partial charge in [-0.3, -0.25) is 4.79 Å². The highest BCUT2D eigenvalue weighted by Crippen LogP contribution is 2.33. The molecule has 86 valence electrons. The van der Waals surface area contributed by atoms with E-state index in [1.54, 1.807) is 0 Å². The number of carboxylic acid groups (broad SMARTS) is 1. The summed E-state index contributed by atoms with van der Waals surface area (Å²) >= 11 is 0. The Kier molecular flexibility index (Phi) is 2.97. The molecule has 3 heteroatoms. The largest absolute Gasteiger partial charge is 0.481 e. The van der Waals surface area contributed by atoms with Crippen LogP contribution in [0.2, 0.25) is 0 Å². The molecule has 1 aromatic rings. The summed E-state index contributed by atoms with van der Waals surface area (Å²) in [5.41, 5.74) is 1.54. The van der Waals surface area contributed by atoms with Gasteiger partial charge in [-0.05, 0) is 30.9 Å². The smallest absolute Gasteiger partial charge is 0.312 e. The molecule has 1 unspecified atom stereocenters. The van der Waals surface area contributed by atoms with E-state index in [1.165, 1.54) is 0 Å². The van der Waals surface area contributed by atoms with Crippen LogP contribution in [0.3, 0.4) is 0 Å². The molecule has 2 rings (SSSR count). The van der Waals surface area contributed by atoms with E-state index in [9.17, 15) is 9.90 Å². The van der Waals surface area contributed by atoms with E-state index in [2.05, 4.69) is 0 Å². The SMILES string of the molecule is Cc1ccccc1CC1(C(=O)O)CCOC1. The number of ether oxygens (including phenoxy) is 1. The maximum absolute atomic E-state index is 11.4. The van der Waals surface area contributed by atoms with Gasteiger partial charge in [0.2, 0.25) is 0 Å². The average Bonchev–Trinajstić information content (AvgIpc) is 2.71. The zero-order chi connectivity index (χ0) is 11.6. The van der Waals surface area contributed by atoms with Crippen LogP contribution in [0.1, 0.15) is 17.5 Å². The van der Waals surface area contributed by atoms with Crippen molar-refractivity contribution in [3.63, 3.8) is 0 Å². The molecule has 0 spiro atoms. The van der Waals surface area contributed by atoms with Crippen LogP contribution in [-0.4, -0.2) is 24.3 Å². The molecule has 16 heavy (non-hydrogen) atoms. The lowest BCUT2D eigenvalue weighted by Gasteiger charge is -2.22. The standard InChI is InChI=1S/C13H16O3/c1-10-4-2-3-5-11(10)8-13(12(14)15)6-7-16-9-13/h2-5H,6-9H2,1H3,(H,14,15). The summed E-state index contributed by atoms with van der Waals surface area (Å²) in [6.07, 6.45) is 1.17. The minimum absolute atomic E-state index is 0.330. The Hall–Kier alpha value is -1.35. The highest BCUT2D eigenvalue weighted by Gasteiger charge is 2.42. The number of benzene rings is 1. The fraction of sp³-hybridized carbons (Fsp3) is 0.462. The van der Waals surface area contributed by atoms with Gasteiger partial charge in [-0.2, -0.15) is 0 Å². The number of carboxylic acids is 1. The van der Waals surface area contributed by atoms with E-state index in [0.717, 1.165) is 11.1 Å². The van der Waals surface area contributed by atoms with Crippen molar-refractivity contribution >= 4 is 5.97 Å². The van der Waals surface area contributed by atoms with Gasteiger partial charge < -0.3 is 9.84 Å². The van der Waals surface area contributed by atoms with Crippen molar-refractivity contribution in [1.29, 1.82) is 0 Å². The van der Waals surface area contributed by atoms with Crippen molar-refractivity contribution in [2.24, 2.45) is 5.41 Å². The van der Waals surface area contributed by atoms with Crippen LogP contribution in [0.25, 0.3) is 0 Å². The molecule has 1 heterocycles. The Morgan fingerprint density at radius 3 is 2.81 bits per heavy atom. The quantitative estimate of drug-likeness (QED) is 0.847. The predicted octanol–water partition coefficient (Wildman–Crippen LogP) is 2.03. The van der Waals surface area contributed by atoms with Crippen LogP contribution in [0, 0.1) is 12.3 Å². The van der Waals surface area contributed by atoms with Gasteiger partial charge >= 0.3 is 5.97 Å². The van der Waals surface area contributed by atoms with Crippen molar-refractivity contribution in [1.82, 2.24) is 0 Å². The van der Waals surface area contributed by atoms with Crippen molar-refractivity contribution in [3.8, 4) is 0 Å². The van der Waals surface area contributed by atoms with Gasteiger partial charge in [0.25, 0.3) is 0 Å². The first-order chi connectivity index (χ1) is 7.64. The van der Waals surface area contributed by atoms with Gasteiger partial charge in [-0.1, -0.05) is 24.3 Å². The van der Waals surface area contributed by atoms with E-state index >= 15 is 0 Å². The number of rotatable bonds is 3. The second kappa shape index (κ2) is 4.26. The van der Waals surface area contributed by atoms with E-state index in [4.69, 9.17) is 4.74 Å². The summed E-state index contributed by atoms with van der Waals surface area (Å²) in [4.78, 5) is 11.4. The van der Waals surface area contributed by atoms with Crippen molar-refractivity contribution in [2.45, 2.75) is 19.8 Å². The van der Waals surface area contributed by atoms with Crippen LogP contribution in [0.5, 0.6) is 0 Å². The van der Waals surface area contributed by atoms with Gasteiger partial charge in [0, 0.05) is 6.61 Å². The summed E-state index contributed by atoms with van der Waals surface area (Å²) in [6, 6.07) is 7.93. The summed E-state index contributed by atoms with van der Waals surface area (Å²) < 4.78 is 5.25. The molecular weight excluding hydrogens is 204 g/mol. The average molecular weight is 220 g/mol. The number of hydrogen-bond donors (Lipinski definition) is 1. The van der Waals surface area contributed by atoms with Gasteiger partial charge in [-0.15, -0.1) is 0 Å². The first-order valence-corrected chi connectivity index (χ1v) is 5.50. The van der Waals surface area contributed by atoms with Crippen molar-refractivity contribution in [2.75, 3.05) is 13.2 Å². The molecule has 0 saturated carbocycles. The second-order valence-corrected chi connectivity index (χ2v) is 4.49. The molecule has 1 aromatic carbocycles. The van der Waals surface area contributed by atoms with Gasteiger partial charge in [0.15, 0.2) is 0 Å². The van der Waals surface area contributed by atoms with E-state index < -0.39 is 11.4 Å². The summed E-state index contributed by atoms with van der Waals surface area (Å²) in [6.45, 7) is 2.90. The fourth-order valence-corrected chi connectivity index (χ4v) is 2.16. The lowest BCUT2D eigenvalue weighted by atomic mass is 9.80. The molecule has 0 bridgehead atoms. The van der Waals surface area contributed by atoms with E-state index in [-0.39, 0.29) is 0 Å². The van der Waals surface area contributed by atoms with E-state index in [0.29, 0.717) is 26.1 Å². The normalized spacial score (nSPS) is 24.6. The van der Waals surface area contributed by atoms with Crippen molar-refractivity contribution < 1.29 is 14.6 Å². The first-order valence-electron chi connectivity index (χ1n) is 5.50. The predicted molar refractivity (Wildman–Crippen MR) is 60.4 cm³/mol. The zero-order valence-corrected chi connectivity index (χ0v) is 9.40. The first kappa shape index (κ1) is 11.1. The highest BCUT2D eigenvalue weighted by molar-refractivity contribution is 5.75. The van der Waals surface area contributed by atoms with Crippen LogP contribution >= 0.6 is 0 Å². The third kappa shape index (κ3) is 1.95. The minimum atomic E-state index is -0.742. The summed E-state index contributed by atoms with van der Waals surface area (Å²) in [7, 11) is 0. The van der Waals surface area contributed by atoms with E-state index in [1.807, 2.05) is 31.2 Å². The summed E-state index contributed by atoms with van der Waals surface area (Å²) in [5, 5.41) is 9.34. The maximum atomic E-state index is 11.4. The molecule has 0 aliphatic carbocycles. The maximum Gasteiger partial charge on any atom is 0.312 e. The van der Waals surface area contributed by atoms with Crippen LogP contribution in [0.15, 0.2) is 24.3 Å². The molecule has 0 amide bonds. The molecule has 3 nitrogen and oxygen atoms in total. The number of carbonyl (C=O) groups is 1. The molecule has 0 radical (unpaired) electrons. The third-order valence-corrected chi connectivity index (χ3v) is 3.35. The highest BCUT2D eigenvalue weighted by atomic mass is 16.5. The molecule has 1 fully saturated rings. The molecule has 1 aliphatic heterocycles. The van der Waals surface area contributed by atoms with Crippen LogP contribution in [-0.2, 0) is 16.0 Å². The molecule has 1 saturated heterocycles. The van der Waals surface area contributed by atoms with Gasteiger partial charge in [-0.25, -0.2) is 0 Å². The molecule has 0 aromatic heterocycles. The lowest BCUT2D eigenvalue weighted by molar-refractivity contribution is -0.148. The molecule has 1 aliphatic rings. The lowest BCUT2D eigenvalue weighted by Crippen LogP contribution is -2.34. The Labute approximate surface area is 95.0 Å². The van der Waals surface area contributed by atoms with Crippen LogP contribution < -0.4 is 0 Å². The Morgan fingerprint density at radius 2 is 2.25 bits per heavy atom. The van der Waals surface area contributed by atoms with Gasteiger partial charge in [0.1, 0.15) is 0 Å². The summed E-state index contributed by atoms with van der Waals surface area (Å²) in [5.74, 6) is -0.742.